The fraction of sp³-hybridized carbons (Fsp3) is 0.429. The Kier molecular flexibility index (Phi) is 5.92. The number of nitrogens with one attached hydrogen (secondary N) is 1. The van der Waals surface area contributed by atoms with Crippen molar-refractivity contribution in [1.29, 1.82) is 0 Å². The van der Waals surface area contributed by atoms with Crippen LogP contribution in [0.1, 0.15) is 18.9 Å². The standard InChI is InChI=1S/C14H17F3N2O3/c1-9(20)7-8-19(2)13(22)12(21)18-11-5-3-10(4-6-11)14(15,16)17/h3-6,9,20H,7-8H2,1-2H3,(H,18,21). The van der Waals surface area contributed by atoms with Gasteiger partial charge >= 0.3 is 18.0 Å². The highest BCUT2D eigenvalue weighted by Gasteiger charge is 2.30. The Morgan fingerprint density at radius 3 is 2.27 bits per heavy atom. The number of benzene rings is 1. The Hall–Kier alpha value is -2.09. The first-order valence-corrected chi connectivity index (χ1v) is 6.53. The number of halogens is 3. The van der Waals surface area contributed by atoms with E-state index in [2.05, 4.69) is 5.32 Å². The number of likely N-dealkylation sites (N-methyl/N-ethyl adjacent to an activating group) is 1. The molecule has 0 heterocycles. The van der Waals surface area contributed by atoms with Crippen molar-refractivity contribution >= 4 is 17.5 Å². The van der Waals surface area contributed by atoms with Crippen LogP contribution in [0.4, 0.5) is 18.9 Å². The van der Waals surface area contributed by atoms with E-state index >= 15 is 0 Å². The van der Waals surface area contributed by atoms with Crippen LogP contribution in [0.25, 0.3) is 0 Å². The van der Waals surface area contributed by atoms with Gasteiger partial charge in [0.2, 0.25) is 0 Å². The molecule has 0 bridgehead atoms. The van der Waals surface area contributed by atoms with E-state index in [-0.39, 0.29) is 12.2 Å². The lowest BCUT2D eigenvalue weighted by molar-refractivity contribution is -0.142. The Morgan fingerprint density at radius 1 is 1.27 bits per heavy atom. The second-order valence-electron chi connectivity index (χ2n) is 4.89. The quantitative estimate of drug-likeness (QED) is 0.833. The molecule has 0 fully saturated rings. The third-order valence-electron chi connectivity index (χ3n) is 2.89. The van der Waals surface area contributed by atoms with Gasteiger partial charge in [-0.15, -0.1) is 0 Å². The zero-order valence-electron chi connectivity index (χ0n) is 12.1. The van der Waals surface area contributed by atoms with Crippen molar-refractivity contribution in [3.8, 4) is 0 Å². The number of rotatable bonds is 4. The maximum absolute atomic E-state index is 12.4. The number of anilines is 1. The number of nitrogens with zero attached hydrogens (tertiary/aromatic N) is 1. The van der Waals surface area contributed by atoms with Crippen molar-refractivity contribution in [1.82, 2.24) is 4.90 Å². The summed E-state index contributed by atoms with van der Waals surface area (Å²) < 4.78 is 37.2. The Labute approximate surface area is 125 Å². The first-order valence-electron chi connectivity index (χ1n) is 6.53. The predicted octanol–water partition coefficient (Wildman–Crippen LogP) is 1.87. The number of aliphatic hydroxyl groups excluding tert-OH is 1. The van der Waals surface area contributed by atoms with Crippen molar-refractivity contribution in [3.05, 3.63) is 29.8 Å². The highest BCUT2D eigenvalue weighted by Crippen LogP contribution is 2.29. The topological polar surface area (TPSA) is 69.6 Å². The van der Waals surface area contributed by atoms with Crippen LogP contribution in [0, 0.1) is 0 Å². The molecule has 0 radical (unpaired) electrons. The zero-order chi connectivity index (χ0) is 16.9. The van der Waals surface area contributed by atoms with Gasteiger partial charge in [0, 0.05) is 19.3 Å². The molecule has 5 nitrogen and oxygen atoms in total. The summed E-state index contributed by atoms with van der Waals surface area (Å²) in [6.07, 6.45) is -4.75. The summed E-state index contributed by atoms with van der Waals surface area (Å²) >= 11 is 0. The van der Waals surface area contributed by atoms with Gasteiger partial charge in [0.1, 0.15) is 0 Å². The Balaban J connectivity index is 2.62. The smallest absolute Gasteiger partial charge is 0.393 e. The number of aliphatic hydroxyl groups is 1. The molecular weight excluding hydrogens is 301 g/mol. The first-order chi connectivity index (χ1) is 10.1. The number of amides is 2. The molecule has 22 heavy (non-hydrogen) atoms. The van der Waals surface area contributed by atoms with E-state index in [0.29, 0.717) is 6.42 Å². The van der Waals surface area contributed by atoms with E-state index in [4.69, 9.17) is 5.11 Å². The molecular formula is C14H17F3N2O3. The average molecular weight is 318 g/mol. The maximum atomic E-state index is 12.4. The molecule has 122 valence electrons. The molecule has 0 aliphatic heterocycles. The number of hydrogen-bond donors (Lipinski definition) is 2. The van der Waals surface area contributed by atoms with E-state index in [9.17, 15) is 22.8 Å². The molecule has 1 rings (SSSR count). The second-order valence-corrected chi connectivity index (χ2v) is 4.89. The minimum Gasteiger partial charge on any atom is -0.393 e. The van der Waals surface area contributed by atoms with Crippen molar-refractivity contribution < 1.29 is 27.9 Å². The third-order valence-corrected chi connectivity index (χ3v) is 2.89. The van der Waals surface area contributed by atoms with Crippen molar-refractivity contribution in [2.24, 2.45) is 0 Å². The number of alkyl halides is 3. The molecule has 1 aromatic carbocycles. The lowest BCUT2D eigenvalue weighted by Gasteiger charge is -2.17. The molecule has 0 spiro atoms. The number of carbonyl (C=O) groups excluding carboxylic acids is 2. The van der Waals surface area contributed by atoms with Crippen LogP contribution in [0.15, 0.2) is 24.3 Å². The third kappa shape index (κ3) is 5.36. The first kappa shape index (κ1) is 18.0. The van der Waals surface area contributed by atoms with E-state index in [1.165, 1.54) is 7.05 Å². The van der Waals surface area contributed by atoms with Gasteiger partial charge in [0.15, 0.2) is 0 Å². The molecule has 2 amide bonds. The summed E-state index contributed by atoms with van der Waals surface area (Å²) in [5.74, 6) is -1.78. The van der Waals surface area contributed by atoms with Gasteiger partial charge in [-0.3, -0.25) is 9.59 Å². The summed E-state index contributed by atoms with van der Waals surface area (Å²) in [7, 11) is 1.40. The summed E-state index contributed by atoms with van der Waals surface area (Å²) in [4.78, 5) is 24.6. The summed E-state index contributed by atoms with van der Waals surface area (Å²) in [6.45, 7) is 1.75. The van der Waals surface area contributed by atoms with Gasteiger partial charge in [-0.25, -0.2) is 0 Å². The van der Waals surface area contributed by atoms with Crippen LogP contribution < -0.4 is 5.32 Å². The minimum absolute atomic E-state index is 0.0928. The van der Waals surface area contributed by atoms with Crippen LogP contribution in [0.3, 0.4) is 0 Å². The largest absolute Gasteiger partial charge is 0.416 e. The Morgan fingerprint density at radius 2 is 1.82 bits per heavy atom. The molecule has 2 N–H and O–H groups in total. The van der Waals surface area contributed by atoms with Gasteiger partial charge in [0.05, 0.1) is 11.7 Å². The van der Waals surface area contributed by atoms with Gasteiger partial charge in [-0.1, -0.05) is 0 Å². The normalized spacial score (nSPS) is 12.6. The molecule has 1 atom stereocenters. The Bertz CT molecular complexity index is 527. The monoisotopic (exact) mass is 318 g/mol. The average Bonchev–Trinajstić information content (AvgIpc) is 2.43. The van der Waals surface area contributed by atoms with Crippen LogP contribution in [0.5, 0.6) is 0 Å². The van der Waals surface area contributed by atoms with E-state index in [0.717, 1.165) is 29.2 Å². The van der Waals surface area contributed by atoms with Gasteiger partial charge in [-0.05, 0) is 37.6 Å². The molecule has 0 aliphatic rings. The van der Waals surface area contributed by atoms with Crippen molar-refractivity contribution in [2.45, 2.75) is 25.6 Å². The van der Waals surface area contributed by atoms with E-state index < -0.39 is 29.7 Å². The van der Waals surface area contributed by atoms with Crippen LogP contribution in [-0.4, -0.2) is 41.5 Å². The van der Waals surface area contributed by atoms with Crippen molar-refractivity contribution in [3.63, 3.8) is 0 Å². The lowest BCUT2D eigenvalue weighted by atomic mass is 10.2. The number of carbonyl (C=O) groups is 2. The van der Waals surface area contributed by atoms with Crippen molar-refractivity contribution in [2.75, 3.05) is 18.9 Å². The van der Waals surface area contributed by atoms with E-state index in [1.807, 2.05) is 0 Å². The minimum atomic E-state index is -4.46. The second kappa shape index (κ2) is 7.26. The predicted molar refractivity (Wildman–Crippen MR) is 74.0 cm³/mol. The summed E-state index contributed by atoms with van der Waals surface area (Å²) in [5.41, 5.74) is -0.749. The highest BCUT2D eigenvalue weighted by molar-refractivity contribution is 6.39. The van der Waals surface area contributed by atoms with Gasteiger partial charge < -0.3 is 15.3 Å². The maximum Gasteiger partial charge on any atom is 0.416 e. The van der Waals surface area contributed by atoms with Crippen LogP contribution >= 0.6 is 0 Å². The fourth-order valence-corrected chi connectivity index (χ4v) is 1.58. The molecule has 0 saturated carbocycles. The lowest BCUT2D eigenvalue weighted by Crippen LogP contribution is -2.38. The summed E-state index contributed by atoms with van der Waals surface area (Å²) in [6, 6.07) is 3.78. The van der Waals surface area contributed by atoms with E-state index in [1.54, 1.807) is 6.92 Å². The highest BCUT2D eigenvalue weighted by atomic mass is 19.4. The number of hydrogen-bond acceptors (Lipinski definition) is 3. The molecule has 1 aromatic rings. The van der Waals surface area contributed by atoms with Gasteiger partial charge in [0.25, 0.3) is 0 Å². The van der Waals surface area contributed by atoms with Crippen LogP contribution in [-0.2, 0) is 15.8 Å². The zero-order valence-corrected chi connectivity index (χ0v) is 12.1. The van der Waals surface area contributed by atoms with Gasteiger partial charge in [-0.2, -0.15) is 13.2 Å². The fourth-order valence-electron chi connectivity index (χ4n) is 1.58. The molecule has 0 saturated heterocycles. The molecule has 1 unspecified atom stereocenters. The molecule has 0 aliphatic carbocycles. The summed E-state index contributed by atoms with van der Waals surface area (Å²) in [5, 5.41) is 11.3. The van der Waals surface area contributed by atoms with Crippen LogP contribution in [0.2, 0.25) is 0 Å². The molecule has 8 heteroatoms. The SMILES string of the molecule is CC(O)CCN(C)C(=O)C(=O)Nc1ccc(C(F)(F)F)cc1. The molecule has 0 aromatic heterocycles.